The summed E-state index contributed by atoms with van der Waals surface area (Å²) in [6, 6.07) is -1.73. The molecule has 1 aliphatic rings. The average molecular weight is 434 g/mol. The molecule has 28 heavy (non-hydrogen) atoms. The minimum atomic E-state index is -10.0. The molecule has 160 valence electrons. The molecule has 1 saturated heterocycles. The van der Waals surface area contributed by atoms with Crippen LogP contribution in [0.15, 0.2) is 23.1 Å². The fraction of sp³-hybridized carbons (Fsp3) is 0.467. The van der Waals surface area contributed by atoms with Crippen molar-refractivity contribution < 1.29 is 33.4 Å². The maximum Gasteiger partial charge on any atom is 0.310 e. The predicted molar refractivity (Wildman–Crippen MR) is 91.5 cm³/mol. The summed E-state index contributed by atoms with van der Waals surface area (Å²) in [5, 5.41) is 7.79. The largest absolute Gasteiger partial charge is 0.348 e. The summed E-state index contributed by atoms with van der Waals surface area (Å²) in [5.41, 5.74) is -0.400. The van der Waals surface area contributed by atoms with Gasteiger partial charge in [0.25, 0.3) is 0 Å². The minimum Gasteiger partial charge on any atom is -0.348 e. The van der Waals surface area contributed by atoms with Crippen LogP contribution in [0.25, 0.3) is 0 Å². The molecule has 0 aromatic heterocycles. The van der Waals surface area contributed by atoms with Gasteiger partial charge in [-0.25, -0.2) is 4.39 Å². The van der Waals surface area contributed by atoms with E-state index in [0.717, 1.165) is 0 Å². The van der Waals surface area contributed by atoms with Crippen molar-refractivity contribution in [3.63, 3.8) is 0 Å². The Bertz CT molecular complexity index is 802. The van der Waals surface area contributed by atoms with Crippen LogP contribution in [-0.4, -0.2) is 43.1 Å². The smallest absolute Gasteiger partial charge is 0.310 e. The van der Waals surface area contributed by atoms with Crippen molar-refractivity contribution in [2.45, 2.75) is 36.6 Å². The third-order valence-electron chi connectivity index (χ3n) is 4.12. The Hall–Kier alpha value is -1.99. The Morgan fingerprint density at radius 2 is 1.86 bits per heavy atom. The summed E-state index contributed by atoms with van der Waals surface area (Å²) < 4.78 is 77.9. The minimum absolute atomic E-state index is 0.0804. The van der Waals surface area contributed by atoms with Crippen LogP contribution in [0.1, 0.15) is 24.9 Å². The molecule has 2 rings (SSSR count). The van der Waals surface area contributed by atoms with E-state index >= 15 is 0 Å². The van der Waals surface area contributed by atoms with Gasteiger partial charge in [0, 0.05) is 5.56 Å². The van der Waals surface area contributed by atoms with Crippen LogP contribution in [0.2, 0.25) is 0 Å². The highest BCUT2D eigenvalue weighted by Gasteiger charge is 2.65. The average Bonchev–Trinajstić information content (AvgIpc) is 2.51. The highest BCUT2D eigenvalue weighted by molar-refractivity contribution is 8.45. The molecule has 0 aliphatic carbocycles. The molecule has 3 N–H and O–H groups in total. The molecular formula is C15H20F6N4O2S. The molecule has 0 spiro atoms. The van der Waals surface area contributed by atoms with E-state index in [4.69, 9.17) is 0 Å². The second-order valence-corrected chi connectivity index (χ2v) is 9.15. The molecule has 1 aromatic rings. The first kappa shape index (κ1) is 22.3. The Morgan fingerprint density at radius 1 is 1.25 bits per heavy atom. The molecule has 0 radical (unpaired) electrons. The van der Waals surface area contributed by atoms with Crippen LogP contribution in [-0.2, 0) is 9.59 Å². The first-order chi connectivity index (χ1) is 12.5. The molecule has 0 bridgehead atoms. The number of benzene rings is 1. The zero-order valence-electron chi connectivity index (χ0n) is 15.1. The van der Waals surface area contributed by atoms with Gasteiger partial charge in [0.2, 0.25) is 11.8 Å². The molecule has 1 aliphatic heterocycles. The highest BCUT2D eigenvalue weighted by atomic mass is 32.5. The zero-order chi connectivity index (χ0) is 21.6. The van der Waals surface area contributed by atoms with Crippen molar-refractivity contribution >= 4 is 22.0 Å². The third kappa shape index (κ3) is 5.29. The van der Waals surface area contributed by atoms with Crippen LogP contribution >= 0.6 is 10.2 Å². The summed E-state index contributed by atoms with van der Waals surface area (Å²) >= 11 is 0. The van der Waals surface area contributed by atoms with Gasteiger partial charge in [-0.1, -0.05) is 25.5 Å². The number of rotatable bonds is 5. The zero-order valence-corrected chi connectivity index (χ0v) is 15.9. The SMILES string of the molecule is C[C@H](NC(=O)C1CC(=O)NC(N(C)C)N1)c1ccc(S(F)(F)(F)(F)F)cc1F. The number of carbonyl (C=O) groups is 2. The maximum atomic E-state index is 14.0. The molecule has 0 saturated carbocycles. The molecule has 3 atom stereocenters. The van der Waals surface area contributed by atoms with E-state index < -0.39 is 56.7 Å². The van der Waals surface area contributed by atoms with Crippen molar-refractivity contribution in [3.8, 4) is 0 Å². The Kier molecular flexibility index (Phi) is 5.20. The molecule has 1 aromatic carbocycles. The van der Waals surface area contributed by atoms with Gasteiger partial charge in [-0.05, 0) is 33.2 Å². The quantitative estimate of drug-likeness (QED) is 0.623. The number of hydrogen-bond acceptors (Lipinski definition) is 4. The lowest BCUT2D eigenvalue weighted by molar-refractivity contribution is -0.133. The molecule has 2 amide bonds. The van der Waals surface area contributed by atoms with E-state index in [1.165, 1.54) is 6.92 Å². The van der Waals surface area contributed by atoms with E-state index in [2.05, 4.69) is 16.0 Å². The van der Waals surface area contributed by atoms with Crippen molar-refractivity contribution in [2.75, 3.05) is 14.1 Å². The number of nitrogens with one attached hydrogen (secondary N) is 3. The lowest BCUT2D eigenvalue weighted by Crippen LogP contribution is -2.65. The van der Waals surface area contributed by atoms with E-state index in [-0.39, 0.29) is 18.6 Å². The van der Waals surface area contributed by atoms with Crippen LogP contribution in [0.4, 0.5) is 23.8 Å². The van der Waals surface area contributed by atoms with Gasteiger partial charge < -0.3 is 10.6 Å². The van der Waals surface area contributed by atoms with Crippen LogP contribution < -0.4 is 16.0 Å². The van der Waals surface area contributed by atoms with Crippen molar-refractivity contribution in [1.82, 2.24) is 20.9 Å². The van der Waals surface area contributed by atoms with Gasteiger partial charge in [0.1, 0.15) is 17.0 Å². The molecule has 1 heterocycles. The highest BCUT2D eigenvalue weighted by Crippen LogP contribution is 3.02. The van der Waals surface area contributed by atoms with Gasteiger partial charge in [0.15, 0.2) is 0 Å². The molecule has 13 heteroatoms. The molecular weight excluding hydrogens is 414 g/mol. The Balaban J connectivity index is 2.16. The summed E-state index contributed by atoms with van der Waals surface area (Å²) in [4.78, 5) is 23.3. The normalized spacial score (nSPS) is 24.1. The van der Waals surface area contributed by atoms with Crippen molar-refractivity contribution in [3.05, 3.63) is 29.6 Å². The van der Waals surface area contributed by atoms with Crippen LogP contribution in [0.3, 0.4) is 0 Å². The van der Waals surface area contributed by atoms with E-state index in [9.17, 15) is 33.4 Å². The predicted octanol–water partition coefficient (Wildman–Crippen LogP) is 2.98. The number of amides is 2. The van der Waals surface area contributed by atoms with Gasteiger partial charge in [-0.3, -0.25) is 19.8 Å². The number of nitrogens with zero attached hydrogens (tertiary/aromatic N) is 1. The number of halogens is 6. The topological polar surface area (TPSA) is 73.5 Å². The summed E-state index contributed by atoms with van der Waals surface area (Å²) in [6.45, 7) is 1.28. The molecule has 2 unspecified atom stereocenters. The van der Waals surface area contributed by atoms with Gasteiger partial charge in [-0.15, -0.1) is 0 Å². The van der Waals surface area contributed by atoms with E-state index in [1.54, 1.807) is 19.0 Å². The monoisotopic (exact) mass is 434 g/mol. The second kappa shape index (κ2) is 6.52. The van der Waals surface area contributed by atoms with E-state index in [0.29, 0.717) is 6.07 Å². The first-order valence-corrected chi connectivity index (χ1v) is 9.99. The fourth-order valence-electron chi connectivity index (χ4n) is 2.63. The maximum absolute atomic E-state index is 14.0. The second-order valence-electron chi connectivity index (χ2n) is 6.74. The number of hydrogen-bond donors (Lipinski definition) is 3. The molecule has 1 fully saturated rings. The first-order valence-electron chi connectivity index (χ1n) is 8.03. The standard InChI is InChI=1S/C15H20F6N4O2S/c1-8(10-5-4-9(6-11(10)16)28(17,18,19,20)21)22-14(27)12-7-13(26)24-15(23-12)25(2)3/h4-6,8,12,15,23H,7H2,1-3H3,(H,22,27)(H,24,26)/t8-,12?,15?/m0/s1. The van der Waals surface area contributed by atoms with Gasteiger partial charge in [0.05, 0.1) is 18.5 Å². The van der Waals surface area contributed by atoms with Crippen LogP contribution in [0, 0.1) is 5.82 Å². The number of carbonyl (C=O) groups excluding carboxylic acids is 2. The molecule has 6 nitrogen and oxygen atoms in total. The Labute approximate surface area is 157 Å². The van der Waals surface area contributed by atoms with Crippen molar-refractivity contribution in [2.24, 2.45) is 0 Å². The lowest BCUT2D eigenvalue weighted by atomic mass is 10.1. The fourth-order valence-corrected chi connectivity index (χ4v) is 3.28. The lowest BCUT2D eigenvalue weighted by Gasteiger charge is -2.40. The van der Waals surface area contributed by atoms with Gasteiger partial charge >= 0.3 is 10.2 Å². The Morgan fingerprint density at radius 3 is 2.36 bits per heavy atom. The summed E-state index contributed by atoms with van der Waals surface area (Å²) in [7, 11) is -6.71. The summed E-state index contributed by atoms with van der Waals surface area (Å²) in [5.74, 6) is -2.62. The third-order valence-corrected chi connectivity index (χ3v) is 5.27. The van der Waals surface area contributed by atoms with Gasteiger partial charge in [-0.2, -0.15) is 0 Å². The van der Waals surface area contributed by atoms with Crippen molar-refractivity contribution in [1.29, 1.82) is 0 Å². The van der Waals surface area contributed by atoms with Crippen LogP contribution in [0.5, 0.6) is 0 Å². The van der Waals surface area contributed by atoms with E-state index in [1.807, 2.05) is 0 Å². The summed E-state index contributed by atoms with van der Waals surface area (Å²) in [6.07, 6.45) is -0.824.